The van der Waals surface area contributed by atoms with E-state index >= 15 is 0 Å². The lowest BCUT2D eigenvalue weighted by atomic mass is 10.0. The molecule has 0 bridgehead atoms. The van der Waals surface area contributed by atoms with Gasteiger partial charge in [0, 0.05) is 17.3 Å². The van der Waals surface area contributed by atoms with Crippen molar-refractivity contribution in [2.75, 3.05) is 12.3 Å². The van der Waals surface area contributed by atoms with Gasteiger partial charge < -0.3 is 10.5 Å². The number of nitrogens with two attached hydrogens (primary N) is 1. The van der Waals surface area contributed by atoms with E-state index in [0.717, 1.165) is 12.1 Å². The maximum atomic E-state index is 12.8. The summed E-state index contributed by atoms with van der Waals surface area (Å²) in [6.07, 6.45) is -4.14. The van der Waals surface area contributed by atoms with Crippen LogP contribution in [0.3, 0.4) is 0 Å². The zero-order valence-electron chi connectivity index (χ0n) is 8.94. The van der Waals surface area contributed by atoms with Gasteiger partial charge in [0.2, 0.25) is 0 Å². The fraction of sp³-hybridized carbons (Fsp3) is 0.300. The second-order valence-corrected chi connectivity index (χ2v) is 3.64. The van der Waals surface area contributed by atoms with E-state index in [4.69, 9.17) is 10.5 Å². The zero-order chi connectivity index (χ0) is 13.4. The topological polar surface area (TPSA) is 77.0 Å². The van der Waals surface area contributed by atoms with Gasteiger partial charge in [-0.2, -0.15) is 13.2 Å². The minimum absolute atomic E-state index is 0.0676. The van der Waals surface area contributed by atoms with E-state index in [-0.39, 0.29) is 23.6 Å². The third kappa shape index (κ3) is 2.01. The average Bonchev–Trinajstić information content (AvgIpc) is 3.05. The molecule has 8 heteroatoms. The van der Waals surface area contributed by atoms with Crippen LogP contribution in [0.5, 0.6) is 5.75 Å². The SMILES string of the molecule is Nc1cc(OCC=O)cc(C2(C(F)(F)F)N=N2)c1. The van der Waals surface area contributed by atoms with Crippen molar-refractivity contribution in [1.82, 2.24) is 0 Å². The van der Waals surface area contributed by atoms with Crippen molar-refractivity contribution in [3.05, 3.63) is 23.8 Å². The summed E-state index contributed by atoms with van der Waals surface area (Å²) >= 11 is 0. The Labute approximate surface area is 99.4 Å². The van der Waals surface area contributed by atoms with Gasteiger partial charge in [-0.15, -0.1) is 10.2 Å². The highest BCUT2D eigenvalue weighted by Crippen LogP contribution is 2.53. The molecule has 0 saturated heterocycles. The normalized spacial score (nSPS) is 16.4. The van der Waals surface area contributed by atoms with Crippen LogP contribution < -0.4 is 10.5 Å². The highest BCUT2D eigenvalue weighted by atomic mass is 19.4. The van der Waals surface area contributed by atoms with Crippen LogP contribution in [-0.2, 0) is 10.5 Å². The summed E-state index contributed by atoms with van der Waals surface area (Å²) in [6, 6.07) is 3.56. The summed E-state index contributed by atoms with van der Waals surface area (Å²) in [5.74, 6) is 0.0676. The molecular weight excluding hydrogens is 251 g/mol. The molecule has 1 aromatic rings. The van der Waals surface area contributed by atoms with E-state index in [1.807, 2.05) is 0 Å². The van der Waals surface area contributed by atoms with Gasteiger partial charge in [0.15, 0.2) is 6.29 Å². The van der Waals surface area contributed by atoms with Crippen LogP contribution in [0.4, 0.5) is 18.9 Å². The first-order chi connectivity index (χ1) is 8.39. The Kier molecular flexibility index (Phi) is 2.72. The van der Waals surface area contributed by atoms with Gasteiger partial charge >= 0.3 is 11.8 Å². The van der Waals surface area contributed by atoms with Gasteiger partial charge in [0.25, 0.3) is 0 Å². The number of benzene rings is 1. The molecule has 0 aromatic heterocycles. The molecule has 0 saturated carbocycles. The molecule has 0 spiro atoms. The number of ether oxygens (including phenoxy) is 1. The fourth-order valence-corrected chi connectivity index (χ4v) is 1.48. The number of aldehydes is 1. The Morgan fingerprint density at radius 2 is 2.00 bits per heavy atom. The summed E-state index contributed by atoms with van der Waals surface area (Å²) in [5.41, 5.74) is 2.79. The molecule has 0 fully saturated rings. The number of hydrogen-bond donors (Lipinski definition) is 1. The van der Waals surface area contributed by atoms with Crippen LogP contribution in [0.25, 0.3) is 0 Å². The van der Waals surface area contributed by atoms with Crippen molar-refractivity contribution in [3.63, 3.8) is 0 Å². The molecule has 1 aromatic carbocycles. The largest absolute Gasteiger partial charge is 0.486 e. The minimum atomic E-state index is -4.62. The Morgan fingerprint density at radius 3 is 2.50 bits per heavy atom. The lowest BCUT2D eigenvalue weighted by Crippen LogP contribution is -2.30. The molecule has 0 amide bonds. The number of nitrogens with zero attached hydrogens (tertiary/aromatic N) is 2. The van der Waals surface area contributed by atoms with Crippen LogP contribution in [0.2, 0.25) is 0 Å². The summed E-state index contributed by atoms with van der Waals surface area (Å²) in [7, 11) is 0. The van der Waals surface area contributed by atoms with Crippen LogP contribution >= 0.6 is 0 Å². The van der Waals surface area contributed by atoms with Gasteiger partial charge in [0.05, 0.1) is 0 Å². The number of carbonyl (C=O) groups excluding carboxylic acids is 1. The molecule has 1 aliphatic rings. The van der Waals surface area contributed by atoms with E-state index in [1.54, 1.807) is 0 Å². The number of rotatable bonds is 4. The number of carbonyl (C=O) groups is 1. The molecule has 0 radical (unpaired) electrons. The molecule has 1 heterocycles. The third-order valence-electron chi connectivity index (χ3n) is 2.34. The van der Waals surface area contributed by atoms with Crippen molar-refractivity contribution >= 4 is 12.0 Å². The predicted molar refractivity (Wildman–Crippen MR) is 55.0 cm³/mol. The standard InChI is InChI=1S/C10H8F3N3O2/c11-10(12,13)9(15-16-9)6-3-7(14)5-8(4-6)18-2-1-17/h1,3-5H,2,14H2. The number of nitrogen functional groups attached to an aromatic ring is 1. The van der Waals surface area contributed by atoms with E-state index in [1.165, 1.54) is 6.07 Å². The lowest BCUT2D eigenvalue weighted by Gasteiger charge is -2.16. The van der Waals surface area contributed by atoms with Gasteiger partial charge in [-0.1, -0.05) is 0 Å². The molecular formula is C10H8F3N3O2. The highest BCUT2D eigenvalue weighted by molar-refractivity contribution is 5.54. The lowest BCUT2D eigenvalue weighted by molar-refractivity contribution is -0.166. The predicted octanol–water partition coefficient (Wildman–Crippen LogP) is 2.03. The van der Waals surface area contributed by atoms with E-state index in [9.17, 15) is 18.0 Å². The molecule has 0 atom stereocenters. The Hall–Kier alpha value is -2.12. The monoisotopic (exact) mass is 259 g/mol. The Bertz CT molecular complexity index is 508. The van der Waals surface area contributed by atoms with Gasteiger partial charge in [-0.05, 0) is 12.1 Å². The van der Waals surface area contributed by atoms with Crippen molar-refractivity contribution < 1.29 is 22.7 Å². The molecule has 0 unspecified atom stereocenters. The average molecular weight is 259 g/mol. The van der Waals surface area contributed by atoms with Crippen LogP contribution in [0.1, 0.15) is 5.56 Å². The Balaban J connectivity index is 2.34. The highest BCUT2D eigenvalue weighted by Gasteiger charge is 2.65. The summed E-state index contributed by atoms with van der Waals surface area (Å²) in [4.78, 5) is 10.1. The van der Waals surface area contributed by atoms with Crippen LogP contribution in [-0.4, -0.2) is 19.1 Å². The summed E-state index contributed by atoms with van der Waals surface area (Å²) in [5, 5.41) is 6.11. The van der Waals surface area contributed by atoms with Crippen molar-refractivity contribution in [3.8, 4) is 5.75 Å². The molecule has 96 valence electrons. The summed E-state index contributed by atoms with van der Waals surface area (Å²) < 4.78 is 43.2. The molecule has 2 rings (SSSR count). The third-order valence-corrected chi connectivity index (χ3v) is 2.34. The van der Waals surface area contributed by atoms with Crippen molar-refractivity contribution in [2.45, 2.75) is 11.8 Å². The second-order valence-electron chi connectivity index (χ2n) is 3.64. The molecule has 2 N–H and O–H groups in total. The summed E-state index contributed by atoms with van der Waals surface area (Å²) in [6.45, 7) is -0.268. The second kappa shape index (κ2) is 3.97. The first-order valence-electron chi connectivity index (χ1n) is 4.87. The maximum absolute atomic E-state index is 12.8. The zero-order valence-corrected chi connectivity index (χ0v) is 8.94. The Morgan fingerprint density at radius 1 is 1.33 bits per heavy atom. The molecule has 0 aliphatic carbocycles. The number of alkyl halides is 3. The minimum Gasteiger partial charge on any atom is -0.486 e. The molecule has 18 heavy (non-hydrogen) atoms. The van der Waals surface area contributed by atoms with Crippen LogP contribution in [0.15, 0.2) is 28.4 Å². The van der Waals surface area contributed by atoms with Crippen molar-refractivity contribution in [2.24, 2.45) is 10.2 Å². The number of anilines is 1. The quantitative estimate of drug-likeness (QED) is 0.663. The van der Waals surface area contributed by atoms with E-state index in [0.29, 0.717) is 6.29 Å². The molecule has 1 aliphatic heterocycles. The fourth-order valence-electron chi connectivity index (χ4n) is 1.48. The van der Waals surface area contributed by atoms with Crippen molar-refractivity contribution in [1.29, 1.82) is 0 Å². The van der Waals surface area contributed by atoms with Gasteiger partial charge in [0.1, 0.15) is 12.4 Å². The van der Waals surface area contributed by atoms with Crippen LogP contribution in [0, 0.1) is 0 Å². The first-order valence-corrected chi connectivity index (χ1v) is 4.87. The number of hydrogen-bond acceptors (Lipinski definition) is 5. The number of halogens is 3. The first kappa shape index (κ1) is 12.3. The maximum Gasteiger partial charge on any atom is 0.442 e. The van der Waals surface area contributed by atoms with E-state index < -0.39 is 11.8 Å². The van der Waals surface area contributed by atoms with Gasteiger partial charge in [-0.25, -0.2) is 0 Å². The smallest absolute Gasteiger partial charge is 0.442 e. The van der Waals surface area contributed by atoms with E-state index in [2.05, 4.69) is 10.2 Å². The van der Waals surface area contributed by atoms with Gasteiger partial charge in [-0.3, -0.25) is 4.79 Å². The molecule has 5 nitrogen and oxygen atoms in total.